The van der Waals surface area contributed by atoms with Gasteiger partial charge in [0.2, 0.25) is 6.29 Å². The Morgan fingerprint density at radius 2 is 2.35 bits per heavy atom. The van der Waals surface area contributed by atoms with Crippen molar-refractivity contribution < 1.29 is 14.0 Å². The van der Waals surface area contributed by atoms with Crippen molar-refractivity contribution in [1.82, 2.24) is 19.5 Å². The number of anilines is 1. The van der Waals surface area contributed by atoms with Gasteiger partial charge in [-0.1, -0.05) is 4.57 Å². The maximum atomic E-state index is 11.2. The summed E-state index contributed by atoms with van der Waals surface area (Å²) < 4.78 is 24.2. The van der Waals surface area contributed by atoms with Crippen LogP contribution in [0.25, 0.3) is 11.2 Å². The SMILES string of the molecule is C[P+](=O)CC1OCC(Cn2cnc3c(N)ncnc32)O1. The number of nitrogens with zero attached hydrogens (tertiary/aromatic N) is 4. The lowest BCUT2D eigenvalue weighted by atomic mass is 10.4. The molecule has 0 saturated carbocycles. The molecule has 2 aromatic heterocycles. The molecule has 8 nitrogen and oxygen atoms in total. The van der Waals surface area contributed by atoms with E-state index in [0.29, 0.717) is 36.3 Å². The van der Waals surface area contributed by atoms with E-state index < -0.39 is 7.80 Å². The molecule has 9 heteroatoms. The fourth-order valence-corrected chi connectivity index (χ4v) is 2.77. The van der Waals surface area contributed by atoms with E-state index >= 15 is 0 Å². The van der Waals surface area contributed by atoms with Crippen molar-refractivity contribution in [2.45, 2.75) is 18.9 Å². The van der Waals surface area contributed by atoms with E-state index in [9.17, 15) is 4.57 Å². The molecule has 0 spiro atoms. The molecule has 3 atom stereocenters. The van der Waals surface area contributed by atoms with Gasteiger partial charge in [0.15, 0.2) is 17.6 Å². The van der Waals surface area contributed by atoms with Crippen LogP contribution in [0.4, 0.5) is 5.82 Å². The van der Waals surface area contributed by atoms with Crippen LogP contribution in [0.1, 0.15) is 0 Å². The molecule has 0 radical (unpaired) electrons. The van der Waals surface area contributed by atoms with Gasteiger partial charge in [0.25, 0.3) is 0 Å². The number of aromatic nitrogens is 4. The van der Waals surface area contributed by atoms with Crippen LogP contribution in [0.15, 0.2) is 12.7 Å². The molecule has 0 amide bonds. The van der Waals surface area contributed by atoms with Crippen molar-refractivity contribution in [3.05, 3.63) is 12.7 Å². The van der Waals surface area contributed by atoms with Crippen LogP contribution in [0.5, 0.6) is 0 Å². The smallest absolute Gasteiger partial charge is 0.340 e. The molecule has 3 unspecified atom stereocenters. The Bertz CT molecular complexity index is 646. The maximum Gasteiger partial charge on any atom is 0.340 e. The van der Waals surface area contributed by atoms with Gasteiger partial charge < -0.3 is 19.8 Å². The van der Waals surface area contributed by atoms with Crippen LogP contribution < -0.4 is 5.73 Å². The Labute approximate surface area is 116 Å². The Hall–Kier alpha value is -1.63. The number of fused-ring (bicyclic) bond motifs is 1. The zero-order chi connectivity index (χ0) is 14.1. The summed E-state index contributed by atoms with van der Waals surface area (Å²) in [5.74, 6) is 0.359. The molecular formula is C11H15N5O3P+. The third kappa shape index (κ3) is 2.63. The lowest BCUT2D eigenvalue weighted by Gasteiger charge is -2.09. The molecule has 0 aromatic carbocycles. The molecule has 2 N–H and O–H groups in total. The van der Waals surface area contributed by atoms with Crippen LogP contribution in [-0.2, 0) is 20.6 Å². The molecule has 2 aromatic rings. The highest BCUT2D eigenvalue weighted by molar-refractivity contribution is 7.43. The molecule has 1 fully saturated rings. The van der Waals surface area contributed by atoms with Gasteiger partial charge in [0.05, 0.1) is 19.5 Å². The summed E-state index contributed by atoms with van der Waals surface area (Å²) in [6, 6.07) is 0. The Morgan fingerprint density at radius 3 is 3.15 bits per heavy atom. The summed E-state index contributed by atoms with van der Waals surface area (Å²) in [6.07, 6.45) is 3.00. The van der Waals surface area contributed by atoms with E-state index in [1.54, 1.807) is 13.0 Å². The molecule has 106 valence electrons. The van der Waals surface area contributed by atoms with Gasteiger partial charge in [0, 0.05) is 0 Å². The average Bonchev–Trinajstić information content (AvgIpc) is 2.98. The summed E-state index contributed by atoms with van der Waals surface area (Å²) in [4.78, 5) is 12.3. The standard InChI is InChI=1S/C11H15N5O3P/c1-20(17)4-8-18-3-7(19-8)2-16-6-15-9-10(12)13-5-14-11(9)16/h5-8H,2-4H2,1H3,(H2,12,13,14)/q+1. The first-order valence-corrected chi connectivity index (χ1v) is 8.09. The van der Waals surface area contributed by atoms with Crippen LogP contribution >= 0.6 is 7.80 Å². The minimum atomic E-state index is -1.27. The van der Waals surface area contributed by atoms with Crippen molar-refractivity contribution in [2.24, 2.45) is 0 Å². The van der Waals surface area contributed by atoms with Gasteiger partial charge in [-0.05, 0) is 0 Å². The molecule has 3 rings (SSSR count). The van der Waals surface area contributed by atoms with Gasteiger partial charge in [-0.2, -0.15) is 0 Å². The molecule has 1 aliphatic heterocycles. The first-order valence-electron chi connectivity index (χ1n) is 6.20. The minimum Gasteiger partial charge on any atom is -0.382 e. The largest absolute Gasteiger partial charge is 0.382 e. The van der Waals surface area contributed by atoms with Crippen molar-refractivity contribution in [1.29, 1.82) is 0 Å². The summed E-state index contributed by atoms with van der Waals surface area (Å²) in [7, 11) is -1.27. The lowest BCUT2D eigenvalue weighted by molar-refractivity contribution is -0.0415. The highest BCUT2D eigenvalue weighted by Gasteiger charge is 2.31. The Balaban J connectivity index is 1.72. The number of hydrogen-bond acceptors (Lipinski definition) is 7. The number of ether oxygens (including phenoxy) is 2. The quantitative estimate of drug-likeness (QED) is 0.824. The molecule has 0 bridgehead atoms. The second kappa shape index (κ2) is 5.40. The number of nitrogens with two attached hydrogens (primary N) is 1. The number of imidazole rings is 1. The van der Waals surface area contributed by atoms with Crippen LogP contribution in [0.3, 0.4) is 0 Å². The topological polar surface area (TPSA) is 105 Å². The molecular weight excluding hydrogens is 281 g/mol. The number of rotatable bonds is 4. The molecule has 1 saturated heterocycles. The lowest BCUT2D eigenvalue weighted by Crippen LogP contribution is -2.20. The Morgan fingerprint density at radius 1 is 1.50 bits per heavy atom. The predicted molar refractivity (Wildman–Crippen MR) is 72.7 cm³/mol. The minimum absolute atomic E-state index is 0.108. The van der Waals surface area contributed by atoms with Crippen molar-refractivity contribution >= 4 is 24.8 Å². The molecule has 0 aliphatic carbocycles. The van der Waals surface area contributed by atoms with E-state index in [4.69, 9.17) is 15.2 Å². The van der Waals surface area contributed by atoms with E-state index in [1.807, 2.05) is 4.57 Å². The third-order valence-electron chi connectivity index (χ3n) is 3.05. The fourth-order valence-electron chi connectivity index (χ4n) is 2.16. The zero-order valence-electron chi connectivity index (χ0n) is 11.0. The third-order valence-corrected chi connectivity index (χ3v) is 3.86. The Kier molecular flexibility index (Phi) is 3.60. The highest BCUT2D eigenvalue weighted by Crippen LogP contribution is 2.23. The van der Waals surface area contributed by atoms with Gasteiger partial charge in [-0.25, -0.2) is 15.0 Å². The summed E-state index contributed by atoms with van der Waals surface area (Å²) in [6.45, 7) is 2.69. The zero-order valence-corrected chi connectivity index (χ0v) is 11.9. The number of nitrogen functional groups attached to an aromatic ring is 1. The summed E-state index contributed by atoms with van der Waals surface area (Å²) in [5.41, 5.74) is 6.99. The normalized spacial score (nSPS) is 23.4. The van der Waals surface area contributed by atoms with E-state index in [-0.39, 0.29) is 12.4 Å². The van der Waals surface area contributed by atoms with Crippen LogP contribution in [0.2, 0.25) is 0 Å². The molecule has 20 heavy (non-hydrogen) atoms. The van der Waals surface area contributed by atoms with E-state index in [0.717, 1.165) is 0 Å². The van der Waals surface area contributed by atoms with Crippen LogP contribution in [0, 0.1) is 0 Å². The average molecular weight is 296 g/mol. The second-order valence-electron chi connectivity index (χ2n) is 4.66. The first-order chi connectivity index (χ1) is 9.63. The summed E-state index contributed by atoms with van der Waals surface area (Å²) >= 11 is 0. The fraction of sp³-hybridized carbons (Fsp3) is 0.545. The van der Waals surface area contributed by atoms with Crippen LogP contribution in [-0.4, -0.2) is 51.3 Å². The number of hydrogen-bond donors (Lipinski definition) is 1. The van der Waals surface area contributed by atoms with Crippen molar-refractivity contribution in [3.63, 3.8) is 0 Å². The van der Waals surface area contributed by atoms with Crippen molar-refractivity contribution in [2.75, 3.05) is 25.2 Å². The molecule has 3 heterocycles. The predicted octanol–water partition coefficient (Wildman–Crippen LogP) is 0.607. The monoisotopic (exact) mass is 296 g/mol. The van der Waals surface area contributed by atoms with Gasteiger partial charge in [-0.15, -0.1) is 0 Å². The van der Waals surface area contributed by atoms with Gasteiger partial charge >= 0.3 is 7.80 Å². The maximum absolute atomic E-state index is 11.2. The molecule has 1 aliphatic rings. The first kappa shape index (κ1) is 13.4. The van der Waals surface area contributed by atoms with E-state index in [2.05, 4.69) is 15.0 Å². The van der Waals surface area contributed by atoms with Gasteiger partial charge in [0.1, 0.15) is 24.6 Å². The van der Waals surface area contributed by atoms with Crippen molar-refractivity contribution in [3.8, 4) is 0 Å². The van der Waals surface area contributed by atoms with E-state index in [1.165, 1.54) is 6.33 Å². The van der Waals surface area contributed by atoms with Gasteiger partial charge in [-0.3, -0.25) is 0 Å². The highest BCUT2D eigenvalue weighted by atomic mass is 31.1. The summed E-state index contributed by atoms with van der Waals surface area (Å²) in [5, 5.41) is 0. The second-order valence-corrected chi connectivity index (χ2v) is 6.28.